The minimum Gasteiger partial charge on any atom is -0.465 e. The Morgan fingerprint density at radius 2 is 2.57 bits per heavy atom. The van der Waals surface area contributed by atoms with E-state index in [1.807, 2.05) is 11.9 Å². The van der Waals surface area contributed by atoms with Crippen LogP contribution >= 0.6 is 24.4 Å². The summed E-state index contributed by atoms with van der Waals surface area (Å²) in [5, 5.41) is 7.49. The van der Waals surface area contributed by atoms with Gasteiger partial charge in [0.2, 0.25) is 0 Å². The Balaban J connectivity index is 2.56. The minimum atomic E-state index is -0.479. The zero-order chi connectivity index (χ0) is 10.7. The smallest absolute Gasteiger partial charge is 0.321 e. The fourth-order valence-electron chi connectivity index (χ4n) is 1.24. The van der Waals surface area contributed by atoms with Gasteiger partial charge < -0.3 is 4.74 Å². The molecule has 80 valence electrons. The van der Waals surface area contributed by atoms with Crippen LogP contribution in [0.2, 0.25) is 0 Å². The summed E-state index contributed by atoms with van der Waals surface area (Å²) >= 11 is 5.59. The van der Waals surface area contributed by atoms with E-state index in [2.05, 4.69) is 12.6 Å². The van der Waals surface area contributed by atoms with Crippen LogP contribution in [-0.4, -0.2) is 46.7 Å². The topological polar surface area (TPSA) is 53.4 Å². The van der Waals surface area contributed by atoms with Gasteiger partial charge in [0.15, 0.2) is 0 Å². The number of hydrogen-bond donors (Lipinski definition) is 2. The van der Waals surface area contributed by atoms with Gasteiger partial charge in [-0.15, -0.1) is 0 Å². The van der Waals surface area contributed by atoms with Gasteiger partial charge in [-0.3, -0.25) is 15.1 Å². The van der Waals surface area contributed by atoms with Gasteiger partial charge in [-0.1, -0.05) is 11.8 Å². The average molecular weight is 234 g/mol. The Bertz CT molecular complexity index is 247. The molecule has 0 saturated carbocycles. The fourth-order valence-corrected chi connectivity index (χ4v) is 2.79. The molecule has 2 atom stereocenters. The molecule has 1 aliphatic heterocycles. The molecule has 4 nitrogen and oxygen atoms in total. The third-order valence-corrected chi connectivity index (χ3v) is 3.87. The predicted octanol–water partition coefficient (Wildman–Crippen LogP) is 0.830. The second-order valence-corrected chi connectivity index (χ2v) is 4.81. The molecule has 6 heteroatoms. The van der Waals surface area contributed by atoms with Crippen LogP contribution in [0.3, 0.4) is 0 Å². The van der Waals surface area contributed by atoms with Crippen molar-refractivity contribution in [2.75, 3.05) is 20.2 Å². The normalized spacial score (nSPS) is 25.1. The van der Waals surface area contributed by atoms with E-state index in [-0.39, 0.29) is 11.3 Å². The number of thiol groups is 1. The summed E-state index contributed by atoms with van der Waals surface area (Å²) in [4.78, 5) is 13.3. The van der Waals surface area contributed by atoms with Crippen LogP contribution in [0.5, 0.6) is 0 Å². The number of carbonyl (C=O) groups is 1. The highest BCUT2D eigenvalue weighted by Crippen LogP contribution is 2.29. The molecule has 14 heavy (non-hydrogen) atoms. The zero-order valence-corrected chi connectivity index (χ0v) is 9.90. The molecular formula is C8H14N2O2S2. The highest BCUT2D eigenvalue weighted by Gasteiger charge is 2.35. The van der Waals surface area contributed by atoms with Crippen molar-refractivity contribution in [2.45, 2.75) is 17.5 Å². The van der Waals surface area contributed by atoms with E-state index in [9.17, 15) is 4.79 Å². The predicted molar refractivity (Wildman–Crippen MR) is 61.1 cm³/mol. The number of thioether (sulfide) groups is 1. The Labute approximate surface area is 93.3 Å². The average Bonchev–Trinajstić information content (AvgIpc) is 2.44. The molecule has 1 fully saturated rings. The van der Waals surface area contributed by atoms with Gasteiger partial charge in [0.05, 0.1) is 17.0 Å². The molecule has 0 aromatic heterocycles. The second kappa shape index (κ2) is 5.04. The third kappa shape index (κ3) is 2.65. The summed E-state index contributed by atoms with van der Waals surface area (Å²) in [6, 6.07) is 0. The summed E-state index contributed by atoms with van der Waals surface area (Å²) in [6.07, 6.45) is 0. The van der Waals surface area contributed by atoms with Crippen LogP contribution in [-0.2, 0) is 9.53 Å². The van der Waals surface area contributed by atoms with Crippen LogP contribution in [0.25, 0.3) is 0 Å². The summed E-state index contributed by atoms with van der Waals surface area (Å²) in [5.41, 5.74) is 0. The van der Waals surface area contributed by atoms with Crippen LogP contribution in [0, 0.1) is 5.41 Å². The number of ether oxygens (including phenoxy) is 1. The van der Waals surface area contributed by atoms with Gasteiger partial charge in [0, 0.05) is 6.54 Å². The van der Waals surface area contributed by atoms with Gasteiger partial charge in [-0.2, -0.15) is 12.6 Å². The molecule has 0 aliphatic carbocycles. The highest BCUT2D eigenvalue weighted by atomic mass is 32.2. The van der Waals surface area contributed by atoms with E-state index in [1.165, 1.54) is 11.8 Å². The van der Waals surface area contributed by atoms with E-state index < -0.39 is 5.25 Å². The van der Waals surface area contributed by atoms with Gasteiger partial charge in [0.1, 0.15) is 5.25 Å². The Morgan fingerprint density at radius 3 is 3.00 bits per heavy atom. The van der Waals surface area contributed by atoms with Crippen LogP contribution in [0.1, 0.15) is 6.92 Å². The molecule has 0 radical (unpaired) electrons. The lowest BCUT2D eigenvalue weighted by Crippen LogP contribution is -2.37. The Morgan fingerprint density at radius 1 is 1.93 bits per heavy atom. The van der Waals surface area contributed by atoms with Crippen LogP contribution in [0.15, 0.2) is 0 Å². The SMILES string of the molecule is CCOC(=O)C(S)C1SC(=N)CN1C. The van der Waals surface area contributed by atoms with Gasteiger partial charge in [-0.05, 0) is 14.0 Å². The summed E-state index contributed by atoms with van der Waals surface area (Å²) in [5.74, 6) is -0.310. The molecule has 1 rings (SSSR count). The Hall–Kier alpha value is -0.200. The van der Waals surface area contributed by atoms with Crippen molar-refractivity contribution < 1.29 is 9.53 Å². The molecule has 2 unspecified atom stereocenters. The molecule has 0 aromatic carbocycles. The van der Waals surface area contributed by atoms with Crippen LogP contribution in [0.4, 0.5) is 0 Å². The number of nitrogens with one attached hydrogen (secondary N) is 1. The van der Waals surface area contributed by atoms with Crippen molar-refractivity contribution in [3.8, 4) is 0 Å². The number of esters is 1. The standard InChI is InChI=1S/C8H14N2O2S2/c1-3-12-8(11)6(13)7-10(2)4-5(9)14-7/h6-7,9,13H,3-4H2,1-2H3. The van der Waals surface area contributed by atoms with Gasteiger partial charge in [0.25, 0.3) is 0 Å². The van der Waals surface area contributed by atoms with Crippen molar-refractivity contribution in [1.82, 2.24) is 4.90 Å². The first kappa shape index (κ1) is 11.9. The van der Waals surface area contributed by atoms with Gasteiger partial charge >= 0.3 is 5.97 Å². The molecule has 0 aromatic rings. The van der Waals surface area contributed by atoms with Crippen molar-refractivity contribution >= 4 is 35.4 Å². The first-order valence-electron chi connectivity index (χ1n) is 4.35. The first-order valence-corrected chi connectivity index (χ1v) is 5.75. The molecule has 1 aliphatic rings. The molecular weight excluding hydrogens is 220 g/mol. The van der Waals surface area contributed by atoms with Crippen LogP contribution < -0.4 is 0 Å². The van der Waals surface area contributed by atoms with E-state index in [4.69, 9.17) is 10.1 Å². The van der Waals surface area contributed by atoms with Crippen molar-refractivity contribution in [1.29, 1.82) is 5.41 Å². The maximum Gasteiger partial charge on any atom is 0.321 e. The molecule has 1 saturated heterocycles. The molecule has 1 heterocycles. The number of carbonyl (C=O) groups excluding carboxylic acids is 1. The first-order chi connectivity index (χ1) is 6.56. The summed E-state index contributed by atoms with van der Waals surface area (Å²) < 4.78 is 4.87. The molecule has 0 bridgehead atoms. The number of nitrogens with zero attached hydrogens (tertiary/aromatic N) is 1. The quantitative estimate of drug-likeness (QED) is 0.561. The van der Waals surface area contributed by atoms with E-state index in [0.717, 1.165) is 0 Å². The maximum atomic E-state index is 11.4. The maximum absolute atomic E-state index is 11.4. The third-order valence-electron chi connectivity index (χ3n) is 1.89. The lowest BCUT2D eigenvalue weighted by atomic mass is 10.4. The molecule has 0 amide bonds. The van der Waals surface area contributed by atoms with E-state index in [1.54, 1.807) is 6.92 Å². The monoisotopic (exact) mass is 234 g/mol. The number of hydrogen-bond acceptors (Lipinski definition) is 6. The van der Waals surface area contributed by atoms with Crippen molar-refractivity contribution in [3.63, 3.8) is 0 Å². The number of rotatable bonds is 3. The summed E-state index contributed by atoms with van der Waals surface area (Å²) in [7, 11) is 1.88. The lowest BCUT2D eigenvalue weighted by molar-refractivity contribution is -0.142. The second-order valence-electron chi connectivity index (χ2n) is 3.04. The van der Waals surface area contributed by atoms with Crippen molar-refractivity contribution in [2.24, 2.45) is 0 Å². The van der Waals surface area contributed by atoms with E-state index >= 15 is 0 Å². The molecule has 1 N–H and O–H groups in total. The largest absolute Gasteiger partial charge is 0.465 e. The lowest BCUT2D eigenvalue weighted by Gasteiger charge is -2.21. The minimum absolute atomic E-state index is 0.0788. The fraction of sp³-hybridized carbons (Fsp3) is 0.750. The Kier molecular flexibility index (Phi) is 4.28. The van der Waals surface area contributed by atoms with Crippen molar-refractivity contribution in [3.05, 3.63) is 0 Å². The zero-order valence-electron chi connectivity index (χ0n) is 8.19. The summed E-state index contributed by atoms with van der Waals surface area (Å²) in [6.45, 7) is 2.73. The molecule has 0 spiro atoms. The highest BCUT2D eigenvalue weighted by molar-refractivity contribution is 8.15. The van der Waals surface area contributed by atoms with E-state index in [0.29, 0.717) is 18.2 Å². The van der Waals surface area contributed by atoms with Gasteiger partial charge in [-0.25, -0.2) is 0 Å².